The van der Waals surface area contributed by atoms with E-state index in [0.29, 0.717) is 0 Å². The van der Waals surface area contributed by atoms with Crippen LogP contribution in [0.25, 0.3) is 4.96 Å². The summed E-state index contributed by atoms with van der Waals surface area (Å²) in [7, 11) is 1.99. The molecule has 0 aliphatic carbocycles. The van der Waals surface area contributed by atoms with Crippen molar-refractivity contribution in [3.05, 3.63) is 51.6 Å². The summed E-state index contributed by atoms with van der Waals surface area (Å²) in [5.74, 6) is 0.829. The number of rotatable bonds is 4. The van der Waals surface area contributed by atoms with Crippen molar-refractivity contribution in [1.29, 1.82) is 0 Å². The Morgan fingerprint density at radius 3 is 2.95 bits per heavy atom. The normalized spacial score (nSPS) is 11.2. The van der Waals surface area contributed by atoms with E-state index in [2.05, 4.69) is 31.9 Å². The second-order valence-corrected chi connectivity index (χ2v) is 6.27. The molecule has 0 radical (unpaired) electrons. The largest absolute Gasteiger partial charge is 0.390 e. The molecule has 4 nitrogen and oxygen atoms in total. The van der Waals surface area contributed by atoms with Crippen LogP contribution in [0.5, 0.6) is 0 Å². The molecule has 0 unspecified atom stereocenters. The minimum Gasteiger partial charge on any atom is -0.390 e. The van der Waals surface area contributed by atoms with E-state index < -0.39 is 0 Å². The molecule has 0 spiro atoms. The summed E-state index contributed by atoms with van der Waals surface area (Å²) < 4.78 is 3.02. The van der Waals surface area contributed by atoms with Crippen LogP contribution in [0, 0.1) is 0 Å². The Hall–Kier alpha value is -1.37. The first kappa shape index (κ1) is 13.6. The Balaban J connectivity index is 1.94. The van der Waals surface area contributed by atoms with Gasteiger partial charge < -0.3 is 10.0 Å². The van der Waals surface area contributed by atoms with Crippen molar-refractivity contribution in [2.45, 2.75) is 13.2 Å². The van der Waals surface area contributed by atoms with Gasteiger partial charge in [0.25, 0.3) is 0 Å². The van der Waals surface area contributed by atoms with Crippen LogP contribution in [0.3, 0.4) is 0 Å². The van der Waals surface area contributed by atoms with Gasteiger partial charge in [-0.1, -0.05) is 34.1 Å². The molecule has 0 bridgehead atoms. The van der Waals surface area contributed by atoms with Gasteiger partial charge in [0.05, 0.1) is 12.3 Å². The molecule has 0 atom stereocenters. The average Bonchev–Trinajstić information content (AvgIpc) is 3.01. The van der Waals surface area contributed by atoms with E-state index in [4.69, 9.17) is 0 Å². The molecule has 3 rings (SSSR count). The van der Waals surface area contributed by atoms with E-state index in [1.54, 1.807) is 11.3 Å². The Kier molecular flexibility index (Phi) is 3.78. The van der Waals surface area contributed by atoms with Crippen LogP contribution in [-0.4, -0.2) is 21.5 Å². The number of benzene rings is 1. The number of thiazole rings is 1. The number of aliphatic hydroxyl groups is 1. The van der Waals surface area contributed by atoms with Crippen molar-refractivity contribution in [2.75, 3.05) is 11.9 Å². The number of fused-ring (bicyclic) bond motifs is 1. The first-order chi connectivity index (χ1) is 9.70. The molecule has 1 aromatic carbocycles. The second kappa shape index (κ2) is 5.55. The van der Waals surface area contributed by atoms with Crippen LogP contribution in [0.15, 0.2) is 40.3 Å². The number of aromatic nitrogens is 2. The zero-order valence-corrected chi connectivity index (χ0v) is 13.4. The maximum atomic E-state index is 9.60. The van der Waals surface area contributed by atoms with Crippen LogP contribution < -0.4 is 4.90 Å². The second-order valence-electron chi connectivity index (χ2n) is 4.54. The quantitative estimate of drug-likeness (QED) is 0.783. The zero-order valence-electron chi connectivity index (χ0n) is 11.0. The molecular formula is C14H14BrN3OS. The minimum atomic E-state index is -0.0203. The Bertz CT molecular complexity index is 737. The maximum Gasteiger partial charge on any atom is 0.195 e. The first-order valence-corrected chi connectivity index (χ1v) is 7.88. The number of anilines is 1. The van der Waals surface area contributed by atoms with Gasteiger partial charge in [-0.05, 0) is 11.6 Å². The smallest absolute Gasteiger partial charge is 0.195 e. The van der Waals surface area contributed by atoms with Crippen LogP contribution in [0.2, 0.25) is 0 Å². The monoisotopic (exact) mass is 351 g/mol. The molecule has 20 heavy (non-hydrogen) atoms. The van der Waals surface area contributed by atoms with Gasteiger partial charge in [-0.15, -0.1) is 11.3 Å². The lowest BCUT2D eigenvalue weighted by Gasteiger charge is -2.18. The highest BCUT2D eigenvalue weighted by atomic mass is 79.9. The molecule has 2 aromatic heterocycles. The fourth-order valence-electron chi connectivity index (χ4n) is 2.23. The number of halogens is 1. The number of imidazole rings is 1. The molecule has 0 saturated carbocycles. The third kappa shape index (κ3) is 2.34. The molecule has 1 N–H and O–H groups in total. The minimum absolute atomic E-state index is 0.0203. The number of nitrogens with zero attached hydrogens (tertiary/aromatic N) is 3. The first-order valence-electron chi connectivity index (χ1n) is 6.20. The third-order valence-corrected chi connectivity index (χ3v) is 4.75. The summed E-state index contributed by atoms with van der Waals surface area (Å²) in [5, 5.41) is 11.6. The van der Waals surface area contributed by atoms with E-state index >= 15 is 0 Å². The SMILES string of the molecule is CN(Cc1ccccc1Br)c1nc2sccn2c1CO. The van der Waals surface area contributed by atoms with Gasteiger partial charge in [-0.3, -0.25) is 4.40 Å². The predicted octanol–water partition coefficient (Wildman–Crippen LogP) is 3.29. The molecule has 6 heteroatoms. The van der Waals surface area contributed by atoms with Crippen molar-refractivity contribution >= 4 is 38.0 Å². The van der Waals surface area contributed by atoms with E-state index in [1.165, 1.54) is 5.56 Å². The third-order valence-electron chi connectivity index (χ3n) is 3.22. The fraction of sp³-hybridized carbons (Fsp3) is 0.214. The van der Waals surface area contributed by atoms with E-state index in [1.807, 2.05) is 41.2 Å². The molecule has 0 amide bonds. The number of hydrogen-bond donors (Lipinski definition) is 1. The van der Waals surface area contributed by atoms with Crippen molar-refractivity contribution in [2.24, 2.45) is 0 Å². The molecule has 0 saturated heterocycles. The zero-order chi connectivity index (χ0) is 14.1. The fourth-order valence-corrected chi connectivity index (χ4v) is 3.37. The van der Waals surface area contributed by atoms with Crippen molar-refractivity contribution in [3.63, 3.8) is 0 Å². The van der Waals surface area contributed by atoms with Crippen LogP contribution in [0.1, 0.15) is 11.3 Å². The molecule has 0 aliphatic rings. The van der Waals surface area contributed by atoms with E-state index in [-0.39, 0.29) is 6.61 Å². The predicted molar refractivity (Wildman–Crippen MR) is 85.2 cm³/mol. The van der Waals surface area contributed by atoms with Crippen molar-refractivity contribution in [1.82, 2.24) is 9.38 Å². The summed E-state index contributed by atoms with van der Waals surface area (Å²) >= 11 is 5.13. The van der Waals surface area contributed by atoms with Gasteiger partial charge in [-0.25, -0.2) is 4.98 Å². The molecule has 0 fully saturated rings. The summed E-state index contributed by atoms with van der Waals surface area (Å²) in [6, 6.07) is 8.13. The van der Waals surface area contributed by atoms with Gasteiger partial charge in [0, 0.05) is 29.6 Å². The van der Waals surface area contributed by atoms with Crippen LogP contribution >= 0.6 is 27.3 Å². The molecule has 3 aromatic rings. The Labute approximate surface area is 129 Å². The summed E-state index contributed by atoms with van der Waals surface area (Å²) in [6.07, 6.45) is 1.94. The Morgan fingerprint density at radius 1 is 1.40 bits per heavy atom. The lowest BCUT2D eigenvalue weighted by Crippen LogP contribution is -2.18. The lowest BCUT2D eigenvalue weighted by molar-refractivity contribution is 0.276. The molecule has 2 heterocycles. The summed E-state index contributed by atoms with van der Waals surface area (Å²) in [6.45, 7) is 0.715. The summed E-state index contributed by atoms with van der Waals surface area (Å²) in [4.78, 5) is 7.57. The van der Waals surface area contributed by atoms with E-state index in [0.717, 1.165) is 27.5 Å². The molecule has 104 valence electrons. The maximum absolute atomic E-state index is 9.60. The van der Waals surface area contributed by atoms with Gasteiger partial charge in [0.15, 0.2) is 10.8 Å². The molecular weight excluding hydrogens is 338 g/mol. The standard InChI is InChI=1S/C14H14BrN3OS/c1-17(8-10-4-2-3-5-11(10)15)13-12(9-19)18-6-7-20-14(18)16-13/h2-7,19H,8-9H2,1H3. The van der Waals surface area contributed by atoms with Gasteiger partial charge in [-0.2, -0.15) is 0 Å². The van der Waals surface area contributed by atoms with E-state index in [9.17, 15) is 5.11 Å². The van der Waals surface area contributed by atoms with Gasteiger partial charge >= 0.3 is 0 Å². The highest BCUT2D eigenvalue weighted by molar-refractivity contribution is 9.10. The average molecular weight is 352 g/mol. The number of aliphatic hydroxyl groups excluding tert-OH is 1. The van der Waals surface area contributed by atoms with Crippen molar-refractivity contribution < 1.29 is 5.11 Å². The number of hydrogen-bond acceptors (Lipinski definition) is 4. The van der Waals surface area contributed by atoms with Gasteiger partial charge in [0.1, 0.15) is 0 Å². The topological polar surface area (TPSA) is 40.8 Å². The highest BCUT2D eigenvalue weighted by Gasteiger charge is 2.16. The van der Waals surface area contributed by atoms with Crippen LogP contribution in [-0.2, 0) is 13.2 Å². The van der Waals surface area contributed by atoms with Crippen LogP contribution in [0.4, 0.5) is 5.82 Å². The van der Waals surface area contributed by atoms with Gasteiger partial charge in [0.2, 0.25) is 0 Å². The summed E-state index contributed by atoms with van der Waals surface area (Å²) in [5.41, 5.74) is 2.02. The molecule has 0 aliphatic heterocycles. The van der Waals surface area contributed by atoms with Crippen molar-refractivity contribution in [3.8, 4) is 0 Å². The lowest BCUT2D eigenvalue weighted by atomic mass is 10.2. The Morgan fingerprint density at radius 2 is 2.20 bits per heavy atom. The highest BCUT2D eigenvalue weighted by Crippen LogP contribution is 2.26.